The molecule has 0 aliphatic heterocycles. The molecule has 0 bridgehead atoms. The topological polar surface area (TPSA) is 25.8 Å². The minimum absolute atomic E-state index is 0.769. The molecule has 0 saturated heterocycles. The molecule has 98 valence electrons. The fraction of sp³-hybridized carbons (Fsp3) is 0.111. The van der Waals surface area contributed by atoms with Gasteiger partial charge in [-0.25, -0.2) is 9.97 Å². The predicted molar refractivity (Wildman–Crippen MR) is 82.4 cm³/mol. The summed E-state index contributed by atoms with van der Waals surface area (Å²) in [5, 5.41) is 0. The van der Waals surface area contributed by atoms with Gasteiger partial charge in [0.25, 0.3) is 0 Å². The van der Waals surface area contributed by atoms with Gasteiger partial charge >= 0.3 is 0 Å². The second-order valence-electron chi connectivity index (χ2n) is 5.03. The van der Waals surface area contributed by atoms with Crippen LogP contribution in [-0.4, -0.2) is 9.97 Å². The molecule has 3 rings (SSSR count). The van der Waals surface area contributed by atoms with Crippen LogP contribution in [0.2, 0.25) is 0 Å². The zero-order valence-corrected chi connectivity index (χ0v) is 11.7. The third kappa shape index (κ3) is 2.59. The lowest BCUT2D eigenvalue weighted by Crippen LogP contribution is -1.89. The van der Waals surface area contributed by atoms with Gasteiger partial charge in [-0.05, 0) is 30.5 Å². The van der Waals surface area contributed by atoms with Crippen LogP contribution in [0.1, 0.15) is 11.1 Å². The number of nitrogens with zero attached hydrogens (tertiary/aromatic N) is 2. The largest absolute Gasteiger partial charge is 0.236 e. The Morgan fingerprint density at radius 2 is 1.00 bits per heavy atom. The Morgan fingerprint density at radius 3 is 1.55 bits per heavy atom. The van der Waals surface area contributed by atoms with Crippen LogP contribution >= 0.6 is 0 Å². The lowest BCUT2D eigenvalue weighted by Gasteiger charge is -2.04. The van der Waals surface area contributed by atoms with E-state index in [4.69, 9.17) is 0 Å². The molecular formula is C18H16N2. The van der Waals surface area contributed by atoms with Crippen molar-refractivity contribution in [1.29, 1.82) is 0 Å². The summed E-state index contributed by atoms with van der Waals surface area (Å²) in [5.41, 5.74) is 5.83. The highest BCUT2D eigenvalue weighted by Gasteiger charge is 2.02. The number of aromatic nitrogens is 2. The maximum absolute atomic E-state index is 4.35. The molecule has 0 saturated carbocycles. The van der Waals surface area contributed by atoms with E-state index in [1.807, 2.05) is 19.3 Å². The monoisotopic (exact) mass is 260 g/mol. The zero-order chi connectivity index (χ0) is 13.9. The smallest absolute Gasteiger partial charge is 0.159 e. The van der Waals surface area contributed by atoms with Crippen molar-refractivity contribution < 1.29 is 0 Å². The third-order valence-corrected chi connectivity index (χ3v) is 3.31. The number of aryl methyl sites for hydroxylation is 2. The second kappa shape index (κ2) is 5.25. The molecule has 0 radical (unpaired) electrons. The van der Waals surface area contributed by atoms with E-state index in [9.17, 15) is 0 Å². The molecule has 2 heteroatoms. The van der Waals surface area contributed by atoms with Crippen molar-refractivity contribution in [2.45, 2.75) is 13.8 Å². The number of hydrogen-bond acceptors (Lipinski definition) is 2. The van der Waals surface area contributed by atoms with Gasteiger partial charge in [-0.2, -0.15) is 0 Å². The summed E-state index contributed by atoms with van der Waals surface area (Å²) < 4.78 is 0. The first-order valence-corrected chi connectivity index (χ1v) is 6.68. The van der Waals surface area contributed by atoms with Crippen molar-refractivity contribution in [3.63, 3.8) is 0 Å². The van der Waals surface area contributed by atoms with Crippen molar-refractivity contribution in [3.05, 3.63) is 72.1 Å². The lowest BCUT2D eigenvalue weighted by atomic mass is 10.0. The predicted octanol–water partition coefficient (Wildman–Crippen LogP) is 4.43. The summed E-state index contributed by atoms with van der Waals surface area (Å²) in [6.45, 7) is 4.09. The van der Waals surface area contributed by atoms with Crippen LogP contribution < -0.4 is 0 Å². The van der Waals surface area contributed by atoms with E-state index < -0.39 is 0 Å². The molecule has 0 aliphatic rings. The zero-order valence-electron chi connectivity index (χ0n) is 11.7. The highest BCUT2D eigenvalue weighted by atomic mass is 14.9. The summed E-state index contributed by atoms with van der Waals surface area (Å²) in [6.07, 6.45) is 3.69. The van der Waals surface area contributed by atoms with E-state index in [2.05, 4.69) is 65.4 Å². The van der Waals surface area contributed by atoms with E-state index in [1.54, 1.807) is 0 Å². The van der Waals surface area contributed by atoms with Gasteiger partial charge in [0.15, 0.2) is 5.82 Å². The summed E-state index contributed by atoms with van der Waals surface area (Å²) >= 11 is 0. The quantitative estimate of drug-likeness (QED) is 0.681. The Hall–Kier alpha value is -2.48. The fourth-order valence-electron chi connectivity index (χ4n) is 2.10. The van der Waals surface area contributed by atoms with E-state index in [0.717, 1.165) is 17.0 Å². The maximum Gasteiger partial charge on any atom is 0.159 e. The van der Waals surface area contributed by atoms with Crippen molar-refractivity contribution in [1.82, 2.24) is 9.97 Å². The SMILES string of the molecule is Cc1ccc(-c2ccc(-c3ncc(C)cn3)cc2)cc1. The summed E-state index contributed by atoms with van der Waals surface area (Å²) in [5.74, 6) is 0.769. The van der Waals surface area contributed by atoms with Crippen molar-refractivity contribution in [2.75, 3.05) is 0 Å². The maximum atomic E-state index is 4.35. The normalized spacial score (nSPS) is 10.5. The molecule has 1 heterocycles. The third-order valence-electron chi connectivity index (χ3n) is 3.31. The standard InChI is InChI=1S/C18H16N2/c1-13-3-5-15(6-4-13)16-7-9-17(10-8-16)18-19-11-14(2)12-20-18/h3-12H,1-2H3. The Bertz CT molecular complexity index is 631. The molecule has 0 unspecified atom stereocenters. The number of benzene rings is 2. The number of rotatable bonds is 2. The van der Waals surface area contributed by atoms with Crippen molar-refractivity contribution in [3.8, 4) is 22.5 Å². The molecule has 0 aliphatic carbocycles. The Kier molecular flexibility index (Phi) is 3.30. The van der Waals surface area contributed by atoms with Crippen LogP contribution in [0.5, 0.6) is 0 Å². The molecular weight excluding hydrogens is 244 g/mol. The van der Waals surface area contributed by atoms with Gasteiger partial charge < -0.3 is 0 Å². The van der Waals surface area contributed by atoms with Crippen molar-refractivity contribution in [2.24, 2.45) is 0 Å². The van der Waals surface area contributed by atoms with Crippen LogP contribution in [0.25, 0.3) is 22.5 Å². The van der Waals surface area contributed by atoms with Crippen molar-refractivity contribution >= 4 is 0 Å². The van der Waals surface area contributed by atoms with E-state index >= 15 is 0 Å². The first kappa shape index (κ1) is 12.5. The first-order valence-electron chi connectivity index (χ1n) is 6.68. The molecule has 1 aromatic heterocycles. The van der Waals surface area contributed by atoms with E-state index in [1.165, 1.54) is 16.7 Å². The van der Waals surface area contributed by atoms with Gasteiger partial charge in [0.1, 0.15) is 0 Å². The fourth-order valence-corrected chi connectivity index (χ4v) is 2.10. The minimum atomic E-state index is 0.769. The average molecular weight is 260 g/mol. The molecule has 0 fully saturated rings. The molecule has 20 heavy (non-hydrogen) atoms. The molecule has 2 nitrogen and oxygen atoms in total. The molecule has 0 atom stereocenters. The van der Waals surface area contributed by atoms with Gasteiger partial charge in [-0.3, -0.25) is 0 Å². The molecule has 2 aromatic carbocycles. The average Bonchev–Trinajstić information content (AvgIpc) is 2.49. The number of hydrogen-bond donors (Lipinski definition) is 0. The van der Waals surface area contributed by atoms with Gasteiger partial charge in [-0.15, -0.1) is 0 Å². The van der Waals surface area contributed by atoms with Gasteiger partial charge in [0.05, 0.1) is 0 Å². The second-order valence-corrected chi connectivity index (χ2v) is 5.03. The minimum Gasteiger partial charge on any atom is -0.236 e. The van der Waals surface area contributed by atoms with Crippen LogP contribution in [0, 0.1) is 13.8 Å². The van der Waals surface area contributed by atoms with Crippen LogP contribution in [-0.2, 0) is 0 Å². The molecule has 3 aromatic rings. The Balaban J connectivity index is 1.91. The summed E-state index contributed by atoms with van der Waals surface area (Å²) in [7, 11) is 0. The van der Waals surface area contributed by atoms with E-state index in [-0.39, 0.29) is 0 Å². The highest BCUT2D eigenvalue weighted by Crippen LogP contribution is 2.23. The highest BCUT2D eigenvalue weighted by molar-refractivity contribution is 5.67. The lowest BCUT2D eigenvalue weighted by molar-refractivity contribution is 1.14. The Morgan fingerprint density at radius 1 is 0.550 bits per heavy atom. The van der Waals surface area contributed by atoms with Crippen LogP contribution in [0.15, 0.2) is 60.9 Å². The summed E-state index contributed by atoms with van der Waals surface area (Å²) in [4.78, 5) is 8.70. The Labute approximate surface area is 119 Å². The van der Waals surface area contributed by atoms with Gasteiger partial charge in [0, 0.05) is 18.0 Å². The molecule has 0 amide bonds. The van der Waals surface area contributed by atoms with Crippen LogP contribution in [0.3, 0.4) is 0 Å². The summed E-state index contributed by atoms with van der Waals surface area (Å²) in [6, 6.07) is 16.9. The van der Waals surface area contributed by atoms with Gasteiger partial charge in [-0.1, -0.05) is 54.1 Å². The molecule has 0 N–H and O–H groups in total. The first-order chi connectivity index (χ1) is 9.72. The van der Waals surface area contributed by atoms with Gasteiger partial charge in [0.2, 0.25) is 0 Å². The van der Waals surface area contributed by atoms with E-state index in [0.29, 0.717) is 0 Å². The van der Waals surface area contributed by atoms with Crippen LogP contribution in [0.4, 0.5) is 0 Å². The molecule has 0 spiro atoms.